The van der Waals surface area contributed by atoms with Gasteiger partial charge in [-0.3, -0.25) is 4.79 Å². The summed E-state index contributed by atoms with van der Waals surface area (Å²) in [6.07, 6.45) is 0. The SMILES string of the molecule is COc1ccc(-n2nc(C(=O)Nc3c(C)cccc3C)nc2-c2ccc(C)cc2)cc1. The van der Waals surface area contributed by atoms with Gasteiger partial charge in [0.05, 0.1) is 12.8 Å². The van der Waals surface area contributed by atoms with Crippen LogP contribution in [-0.4, -0.2) is 27.8 Å². The monoisotopic (exact) mass is 412 g/mol. The molecule has 0 aliphatic heterocycles. The first-order chi connectivity index (χ1) is 15.0. The van der Waals surface area contributed by atoms with Gasteiger partial charge in [-0.2, -0.15) is 0 Å². The number of rotatable bonds is 5. The average Bonchev–Trinajstić information content (AvgIpc) is 3.22. The van der Waals surface area contributed by atoms with Crippen molar-refractivity contribution in [3.63, 3.8) is 0 Å². The molecule has 0 unspecified atom stereocenters. The summed E-state index contributed by atoms with van der Waals surface area (Å²) in [5.41, 5.74) is 5.57. The molecule has 0 saturated heterocycles. The van der Waals surface area contributed by atoms with Crippen molar-refractivity contribution in [3.8, 4) is 22.8 Å². The number of methoxy groups -OCH3 is 1. The molecule has 1 aromatic heterocycles. The largest absolute Gasteiger partial charge is 0.497 e. The number of benzene rings is 3. The van der Waals surface area contributed by atoms with Crippen LogP contribution >= 0.6 is 0 Å². The molecule has 0 spiro atoms. The van der Waals surface area contributed by atoms with Crippen LogP contribution in [-0.2, 0) is 0 Å². The molecule has 1 amide bonds. The zero-order valence-electron chi connectivity index (χ0n) is 18.0. The van der Waals surface area contributed by atoms with Gasteiger partial charge in [0, 0.05) is 11.3 Å². The molecule has 1 heterocycles. The minimum absolute atomic E-state index is 0.106. The number of ether oxygens (including phenoxy) is 1. The van der Waals surface area contributed by atoms with Gasteiger partial charge in [-0.05, 0) is 56.2 Å². The van der Waals surface area contributed by atoms with Crippen LogP contribution in [0.1, 0.15) is 27.3 Å². The maximum Gasteiger partial charge on any atom is 0.295 e. The summed E-state index contributed by atoms with van der Waals surface area (Å²) in [5, 5.41) is 7.51. The van der Waals surface area contributed by atoms with Gasteiger partial charge in [-0.1, -0.05) is 48.0 Å². The molecule has 0 saturated carbocycles. The Morgan fingerprint density at radius 2 is 1.55 bits per heavy atom. The van der Waals surface area contributed by atoms with Gasteiger partial charge >= 0.3 is 0 Å². The highest BCUT2D eigenvalue weighted by molar-refractivity contribution is 6.02. The summed E-state index contributed by atoms with van der Waals surface area (Å²) in [5.74, 6) is 1.10. The van der Waals surface area contributed by atoms with Crippen LogP contribution in [0.25, 0.3) is 17.1 Å². The van der Waals surface area contributed by atoms with E-state index in [1.165, 1.54) is 0 Å². The third kappa shape index (κ3) is 4.19. The van der Waals surface area contributed by atoms with E-state index < -0.39 is 0 Å². The third-order valence-electron chi connectivity index (χ3n) is 5.16. The lowest BCUT2D eigenvalue weighted by molar-refractivity contribution is 0.101. The molecule has 156 valence electrons. The van der Waals surface area contributed by atoms with Crippen LogP contribution in [0.3, 0.4) is 0 Å². The normalized spacial score (nSPS) is 10.7. The number of carbonyl (C=O) groups excluding carboxylic acids is 1. The second kappa shape index (κ2) is 8.44. The van der Waals surface area contributed by atoms with E-state index in [1.807, 2.05) is 87.5 Å². The molecule has 4 rings (SSSR count). The topological polar surface area (TPSA) is 69.0 Å². The lowest BCUT2D eigenvalue weighted by Crippen LogP contribution is -2.16. The number of carbonyl (C=O) groups is 1. The van der Waals surface area contributed by atoms with Crippen LogP contribution < -0.4 is 10.1 Å². The first-order valence-corrected chi connectivity index (χ1v) is 10.0. The number of aromatic nitrogens is 3. The minimum atomic E-state index is -0.349. The molecule has 31 heavy (non-hydrogen) atoms. The summed E-state index contributed by atoms with van der Waals surface area (Å²) >= 11 is 0. The van der Waals surface area contributed by atoms with Crippen molar-refractivity contribution in [3.05, 3.63) is 89.2 Å². The van der Waals surface area contributed by atoms with E-state index in [4.69, 9.17) is 4.74 Å². The number of aryl methyl sites for hydroxylation is 3. The second-order valence-corrected chi connectivity index (χ2v) is 7.46. The minimum Gasteiger partial charge on any atom is -0.497 e. The van der Waals surface area contributed by atoms with Gasteiger partial charge < -0.3 is 10.1 Å². The Morgan fingerprint density at radius 1 is 0.903 bits per heavy atom. The fraction of sp³-hybridized carbons (Fsp3) is 0.160. The molecule has 3 aromatic carbocycles. The van der Waals surface area contributed by atoms with Crippen LogP contribution in [0.2, 0.25) is 0 Å². The quantitative estimate of drug-likeness (QED) is 0.494. The smallest absolute Gasteiger partial charge is 0.295 e. The Bertz CT molecular complexity index is 1210. The van der Waals surface area contributed by atoms with Crippen molar-refractivity contribution in [1.29, 1.82) is 0 Å². The fourth-order valence-corrected chi connectivity index (χ4v) is 3.38. The molecule has 0 bridgehead atoms. The molecular weight excluding hydrogens is 388 g/mol. The lowest BCUT2D eigenvalue weighted by atomic mass is 10.1. The average molecular weight is 412 g/mol. The van der Waals surface area contributed by atoms with Crippen LogP contribution in [0.5, 0.6) is 5.75 Å². The van der Waals surface area contributed by atoms with Gasteiger partial charge in [0.25, 0.3) is 5.91 Å². The van der Waals surface area contributed by atoms with E-state index in [2.05, 4.69) is 15.4 Å². The van der Waals surface area contributed by atoms with Gasteiger partial charge in [-0.15, -0.1) is 5.10 Å². The Labute approximate surface area is 181 Å². The van der Waals surface area contributed by atoms with E-state index >= 15 is 0 Å². The molecule has 6 nitrogen and oxygen atoms in total. The molecule has 0 aliphatic rings. The van der Waals surface area contributed by atoms with E-state index in [0.29, 0.717) is 5.82 Å². The number of para-hydroxylation sites is 1. The Balaban J connectivity index is 1.76. The number of hydrogen-bond donors (Lipinski definition) is 1. The zero-order valence-corrected chi connectivity index (χ0v) is 18.0. The lowest BCUT2D eigenvalue weighted by Gasteiger charge is -2.09. The summed E-state index contributed by atoms with van der Waals surface area (Å²) < 4.78 is 6.94. The number of hydrogen-bond acceptors (Lipinski definition) is 4. The van der Waals surface area contributed by atoms with Crippen LogP contribution in [0, 0.1) is 20.8 Å². The molecule has 6 heteroatoms. The molecule has 0 aliphatic carbocycles. The van der Waals surface area contributed by atoms with Gasteiger partial charge in [-0.25, -0.2) is 9.67 Å². The molecule has 0 fully saturated rings. The maximum atomic E-state index is 13.0. The first-order valence-electron chi connectivity index (χ1n) is 10.0. The summed E-state index contributed by atoms with van der Waals surface area (Å²) in [6, 6.07) is 21.4. The summed E-state index contributed by atoms with van der Waals surface area (Å²) in [7, 11) is 1.62. The Morgan fingerprint density at radius 3 is 2.16 bits per heavy atom. The van der Waals surface area contributed by atoms with Crippen molar-refractivity contribution in [1.82, 2.24) is 14.8 Å². The first kappa shape index (κ1) is 20.3. The predicted octanol–water partition coefficient (Wildman–Crippen LogP) is 5.12. The van der Waals surface area contributed by atoms with E-state index in [9.17, 15) is 4.79 Å². The highest BCUT2D eigenvalue weighted by atomic mass is 16.5. The number of anilines is 1. The van der Waals surface area contributed by atoms with Crippen molar-refractivity contribution in [2.75, 3.05) is 12.4 Å². The van der Waals surface area contributed by atoms with Crippen molar-refractivity contribution >= 4 is 11.6 Å². The summed E-state index contributed by atoms with van der Waals surface area (Å²) in [6.45, 7) is 5.95. The standard InChI is InChI=1S/C25H24N4O2/c1-16-8-10-19(11-9-16)24-27-23(25(30)26-22-17(2)6-5-7-18(22)3)28-29(24)20-12-14-21(31-4)15-13-20/h5-15H,1-4H3,(H,26,30). The Hall–Kier alpha value is -3.93. The molecule has 0 radical (unpaired) electrons. The maximum absolute atomic E-state index is 13.0. The summed E-state index contributed by atoms with van der Waals surface area (Å²) in [4.78, 5) is 17.6. The third-order valence-corrected chi connectivity index (χ3v) is 5.16. The number of amides is 1. The van der Waals surface area contributed by atoms with Crippen molar-refractivity contribution in [2.24, 2.45) is 0 Å². The zero-order chi connectivity index (χ0) is 22.0. The highest BCUT2D eigenvalue weighted by Gasteiger charge is 2.20. The highest BCUT2D eigenvalue weighted by Crippen LogP contribution is 2.24. The van der Waals surface area contributed by atoms with Gasteiger partial charge in [0.1, 0.15) is 5.75 Å². The van der Waals surface area contributed by atoms with Gasteiger partial charge in [0.15, 0.2) is 5.82 Å². The number of nitrogens with one attached hydrogen (secondary N) is 1. The van der Waals surface area contributed by atoms with Crippen LogP contribution in [0.15, 0.2) is 66.7 Å². The molecule has 1 N–H and O–H groups in total. The molecule has 0 atom stereocenters. The van der Waals surface area contributed by atoms with Crippen molar-refractivity contribution < 1.29 is 9.53 Å². The van der Waals surface area contributed by atoms with Crippen molar-refractivity contribution in [2.45, 2.75) is 20.8 Å². The molecule has 4 aromatic rings. The predicted molar refractivity (Wildman–Crippen MR) is 122 cm³/mol. The fourth-order valence-electron chi connectivity index (χ4n) is 3.38. The van der Waals surface area contributed by atoms with Gasteiger partial charge in [0.2, 0.25) is 5.82 Å². The van der Waals surface area contributed by atoms with E-state index in [1.54, 1.807) is 11.8 Å². The van der Waals surface area contributed by atoms with E-state index in [0.717, 1.165) is 39.4 Å². The van der Waals surface area contributed by atoms with E-state index in [-0.39, 0.29) is 11.7 Å². The molecular formula is C25H24N4O2. The number of nitrogens with zero attached hydrogens (tertiary/aromatic N) is 3. The van der Waals surface area contributed by atoms with Crippen LogP contribution in [0.4, 0.5) is 5.69 Å². The second-order valence-electron chi connectivity index (χ2n) is 7.46. The Kier molecular flexibility index (Phi) is 5.54.